The third kappa shape index (κ3) is 3.85. The van der Waals surface area contributed by atoms with Gasteiger partial charge in [0, 0.05) is 5.56 Å². The molecule has 0 radical (unpaired) electrons. The standard InChI is InChI=1S/C18H17N9O/c1-28-14-10-6-5-9-13(14)20-18-22-15(21-17(19)23-18)11-27-25-16(24-26-27)12-7-3-2-4-8-12/h2-10H,11H2,1H3,(H3,19,20,21,22,23). The summed E-state index contributed by atoms with van der Waals surface area (Å²) < 4.78 is 5.32. The van der Waals surface area contributed by atoms with E-state index in [0.29, 0.717) is 29.0 Å². The minimum absolute atomic E-state index is 0.0887. The van der Waals surface area contributed by atoms with Crippen LogP contribution in [0.4, 0.5) is 17.6 Å². The lowest BCUT2D eigenvalue weighted by molar-refractivity contribution is 0.417. The lowest BCUT2D eigenvalue weighted by atomic mass is 10.2. The number of para-hydroxylation sites is 2. The molecule has 0 aliphatic carbocycles. The third-order valence-electron chi connectivity index (χ3n) is 3.82. The molecule has 2 aromatic heterocycles. The van der Waals surface area contributed by atoms with E-state index in [1.165, 1.54) is 4.80 Å². The molecule has 2 heterocycles. The number of anilines is 3. The number of nitrogens with zero attached hydrogens (tertiary/aromatic N) is 7. The highest BCUT2D eigenvalue weighted by Gasteiger charge is 2.11. The summed E-state index contributed by atoms with van der Waals surface area (Å²) in [7, 11) is 1.59. The minimum atomic E-state index is 0.0887. The number of rotatable bonds is 6. The predicted molar refractivity (Wildman–Crippen MR) is 103 cm³/mol. The maximum Gasteiger partial charge on any atom is 0.232 e. The molecule has 0 bridgehead atoms. The number of methoxy groups -OCH3 is 1. The second-order valence-corrected chi connectivity index (χ2v) is 5.77. The van der Waals surface area contributed by atoms with Gasteiger partial charge in [-0.05, 0) is 17.3 Å². The van der Waals surface area contributed by atoms with Crippen LogP contribution in [0.5, 0.6) is 5.75 Å². The van der Waals surface area contributed by atoms with E-state index in [1.54, 1.807) is 7.11 Å². The van der Waals surface area contributed by atoms with E-state index in [9.17, 15) is 0 Å². The molecule has 0 amide bonds. The predicted octanol–water partition coefficient (Wildman–Crippen LogP) is 1.91. The molecule has 0 unspecified atom stereocenters. The zero-order valence-electron chi connectivity index (χ0n) is 15.0. The SMILES string of the molecule is COc1ccccc1Nc1nc(N)nc(Cn2nnc(-c3ccccc3)n2)n1. The van der Waals surface area contributed by atoms with E-state index in [-0.39, 0.29) is 12.5 Å². The molecule has 28 heavy (non-hydrogen) atoms. The Balaban J connectivity index is 1.55. The van der Waals surface area contributed by atoms with Gasteiger partial charge in [-0.25, -0.2) is 0 Å². The normalized spacial score (nSPS) is 10.6. The first-order valence-corrected chi connectivity index (χ1v) is 8.45. The Hall–Kier alpha value is -4.08. The number of nitrogen functional groups attached to an aromatic ring is 1. The van der Waals surface area contributed by atoms with Gasteiger partial charge in [0.1, 0.15) is 12.3 Å². The average molecular weight is 375 g/mol. The first kappa shape index (κ1) is 17.3. The van der Waals surface area contributed by atoms with Crippen molar-refractivity contribution in [2.24, 2.45) is 0 Å². The Bertz CT molecular complexity index is 1080. The van der Waals surface area contributed by atoms with E-state index in [1.807, 2.05) is 54.6 Å². The number of tetrazole rings is 1. The van der Waals surface area contributed by atoms with Crippen LogP contribution in [0, 0.1) is 0 Å². The molecule has 0 spiro atoms. The van der Waals surface area contributed by atoms with Gasteiger partial charge >= 0.3 is 0 Å². The zero-order valence-corrected chi connectivity index (χ0v) is 15.0. The summed E-state index contributed by atoms with van der Waals surface area (Å²) in [5.41, 5.74) is 7.43. The Kier molecular flexibility index (Phi) is 4.74. The van der Waals surface area contributed by atoms with Crippen LogP contribution in [0.1, 0.15) is 5.82 Å². The van der Waals surface area contributed by atoms with E-state index < -0.39 is 0 Å². The van der Waals surface area contributed by atoms with Gasteiger partial charge in [-0.2, -0.15) is 19.7 Å². The minimum Gasteiger partial charge on any atom is -0.495 e. The van der Waals surface area contributed by atoms with Gasteiger partial charge in [-0.3, -0.25) is 0 Å². The van der Waals surface area contributed by atoms with Crippen LogP contribution < -0.4 is 15.8 Å². The second kappa shape index (κ2) is 7.66. The van der Waals surface area contributed by atoms with Gasteiger partial charge < -0.3 is 15.8 Å². The molecule has 10 heteroatoms. The maximum atomic E-state index is 5.83. The highest BCUT2D eigenvalue weighted by Crippen LogP contribution is 2.25. The molecule has 2 aromatic carbocycles. The summed E-state index contributed by atoms with van der Waals surface area (Å²) in [5, 5.41) is 15.6. The zero-order chi connectivity index (χ0) is 19.3. The Morgan fingerprint density at radius 1 is 1.00 bits per heavy atom. The van der Waals surface area contributed by atoms with Crippen LogP contribution in [0.2, 0.25) is 0 Å². The first-order valence-electron chi connectivity index (χ1n) is 8.45. The lowest BCUT2D eigenvalue weighted by Gasteiger charge is -2.10. The number of aromatic nitrogens is 7. The van der Waals surface area contributed by atoms with Gasteiger partial charge in [0.2, 0.25) is 17.7 Å². The highest BCUT2D eigenvalue weighted by atomic mass is 16.5. The summed E-state index contributed by atoms with van der Waals surface area (Å²) in [6.45, 7) is 0.202. The molecule has 0 aliphatic rings. The molecule has 10 nitrogen and oxygen atoms in total. The van der Waals surface area contributed by atoms with Crippen molar-refractivity contribution in [3.8, 4) is 17.1 Å². The first-order chi connectivity index (χ1) is 13.7. The van der Waals surface area contributed by atoms with E-state index in [2.05, 4.69) is 35.7 Å². The van der Waals surface area contributed by atoms with Crippen molar-refractivity contribution in [1.82, 2.24) is 35.2 Å². The van der Waals surface area contributed by atoms with Crippen LogP contribution >= 0.6 is 0 Å². The number of hydrogen-bond acceptors (Lipinski definition) is 9. The molecular weight excluding hydrogens is 358 g/mol. The lowest BCUT2D eigenvalue weighted by Crippen LogP contribution is -2.12. The van der Waals surface area contributed by atoms with Crippen molar-refractivity contribution >= 4 is 17.6 Å². The molecular formula is C18H17N9O. The van der Waals surface area contributed by atoms with Crippen molar-refractivity contribution in [3.63, 3.8) is 0 Å². The smallest absolute Gasteiger partial charge is 0.232 e. The van der Waals surface area contributed by atoms with Crippen LogP contribution in [0.15, 0.2) is 54.6 Å². The molecule has 0 aliphatic heterocycles. The Morgan fingerprint density at radius 2 is 1.79 bits per heavy atom. The van der Waals surface area contributed by atoms with Gasteiger partial charge in [0.15, 0.2) is 5.82 Å². The van der Waals surface area contributed by atoms with Crippen LogP contribution in [0.25, 0.3) is 11.4 Å². The summed E-state index contributed by atoms with van der Waals surface area (Å²) >= 11 is 0. The fourth-order valence-electron chi connectivity index (χ4n) is 2.57. The maximum absolute atomic E-state index is 5.83. The van der Waals surface area contributed by atoms with E-state index in [0.717, 1.165) is 5.56 Å². The fourth-order valence-corrected chi connectivity index (χ4v) is 2.57. The van der Waals surface area contributed by atoms with Gasteiger partial charge in [0.05, 0.1) is 12.8 Å². The summed E-state index contributed by atoms with van der Waals surface area (Å²) in [5.74, 6) is 1.98. The van der Waals surface area contributed by atoms with Crippen molar-refractivity contribution in [3.05, 3.63) is 60.4 Å². The monoisotopic (exact) mass is 375 g/mol. The molecule has 3 N–H and O–H groups in total. The van der Waals surface area contributed by atoms with Crippen LogP contribution in [-0.4, -0.2) is 42.3 Å². The van der Waals surface area contributed by atoms with Crippen LogP contribution in [-0.2, 0) is 6.54 Å². The van der Waals surface area contributed by atoms with Gasteiger partial charge in [-0.15, -0.1) is 10.2 Å². The average Bonchev–Trinajstić information content (AvgIpc) is 3.17. The molecule has 4 aromatic rings. The molecule has 0 fully saturated rings. The van der Waals surface area contributed by atoms with Gasteiger partial charge in [-0.1, -0.05) is 42.5 Å². The molecule has 0 saturated heterocycles. The number of hydrogen-bond donors (Lipinski definition) is 2. The highest BCUT2D eigenvalue weighted by molar-refractivity contribution is 5.62. The fraction of sp³-hybridized carbons (Fsp3) is 0.111. The van der Waals surface area contributed by atoms with Gasteiger partial charge in [0.25, 0.3) is 0 Å². The topological polar surface area (TPSA) is 130 Å². The van der Waals surface area contributed by atoms with Crippen molar-refractivity contribution < 1.29 is 4.74 Å². The molecule has 140 valence electrons. The number of ether oxygens (including phenoxy) is 1. The number of nitrogens with two attached hydrogens (primary N) is 1. The molecule has 0 atom stereocenters. The van der Waals surface area contributed by atoms with E-state index in [4.69, 9.17) is 10.5 Å². The van der Waals surface area contributed by atoms with E-state index >= 15 is 0 Å². The molecule has 4 rings (SSSR count). The quantitative estimate of drug-likeness (QED) is 0.519. The molecule has 0 saturated carbocycles. The summed E-state index contributed by atoms with van der Waals surface area (Å²) in [6, 6.07) is 17.0. The third-order valence-corrected chi connectivity index (χ3v) is 3.82. The Morgan fingerprint density at radius 3 is 2.61 bits per heavy atom. The largest absolute Gasteiger partial charge is 0.495 e. The van der Waals surface area contributed by atoms with Crippen LogP contribution in [0.3, 0.4) is 0 Å². The second-order valence-electron chi connectivity index (χ2n) is 5.77. The summed E-state index contributed by atoms with van der Waals surface area (Å²) in [6.07, 6.45) is 0. The van der Waals surface area contributed by atoms with Crippen molar-refractivity contribution in [2.75, 3.05) is 18.2 Å². The summed E-state index contributed by atoms with van der Waals surface area (Å²) in [4.78, 5) is 14.1. The number of nitrogens with one attached hydrogen (secondary N) is 1. The van der Waals surface area contributed by atoms with Crippen molar-refractivity contribution in [1.29, 1.82) is 0 Å². The van der Waals surface area contributed by atoms with Crippen molar-refractivity contribution in [2.45, 2.75) is 6.54 Å². The Labute approximate surface area is 160 Å². The number of benzene rings is 2.